The van der Waals surface area contributed by atoms with Crippen molar-refractivity contribution in [1.82, 2.24) is 15.1 Å². The minimum absolute atomic E-state index is 0.494. The summed E-state index contributed by atoms with van der Waals surface area (Å²) in [6.07, 6.45) is 0.934. The molecule has 0 fully saturated rings. The highest BCUT2D eigenvalue weighted by molar-refractivity contribution is 6.36. The van der Waals surface area contributed by atoms with E-state index in [2.05, 4.69) is 10.4 Å². The Balaban J connectivity index is 2.63. The molecule has 0 bridgehead atoms. The number of hydrogen-bond donors (Lipinski definition) is 2. The minimum Gasteiger partial charge on any atom is -0.382 e. The molecule has 0 amide bonds. The molecule has 1 heterocycles. The molecular weight excluding hydrogens is 224 g/mol. The smallest absolute Gasteiger partial charge is 0.154 e. The molecule has 2 rings (SSSR count). The molecule has 0 unspecified atom stereocenters. The predicted molar refractivity (Wildman–Crippen MR) is 67.8 cm³/mol. The lowest BCUT2D eigenvalue weighted by Crippen LogP contribution is -2.11. The van der Waals surface area contributed by atoms with E-state index >= 15 is 0 Å². The van der Waals surface area contributed by atoms with Crippen LogP contribution >= 0.6 is 11.6 Å². The van der Waals surface area contributed by atoms with Gasteiger partial charge in [-0.2, -0.15) is 5.10 Å². The number of rotatable bonds is 3. The van der Waals surface area contributed by atoms with Crippen molar-refractivity contribution in [3.05, 3.63) is 22.7 Å². The summed E-state index contributed by atoms with van der Waals surface area (Å²) < 4.78 is 1.79. The Morgan fingerprint density at radius 1 is 1.50 bits per heavy atom. The van der Waals surface area contributed by atoms with Crippen LogP contribution in [0.25, 0.3) is 10.9 Å². The number of nitrogens with one attached hydrogen (secondary N) is 1. The molecule has 86 valence electrons. The number of aryl methyl sites for hydroxylation is 1. The Kier molecular flexibility index (Phi) is 3.03. The minimum atomic E-state index is 0.494. The van der Waals surface area contributed by atoms with Crippen LogP contribution < -0.4 is 11.1 Å². The maximum Gasteiger partial charge on any atom is 0.154 e. The van der Waals surface area contributed by atoms with Gasteiger partial charge in [0.05, 0.1) is 15.9 Å². The van der Waals surface area contributed by atoms with E-state index < -0.39 is 0 Å². The molecule has 0 atom stereocenters. The number of benzene rings is 1. The summed E-state index contributed by atoms with van der Waals surface area (Å²) >= 11 is 6.13. The van der Waals surface area contributed by atoms with Crippen molar-refractivity contribution < 1.29 is 0 Å². The van der Waals surface area contributed by atoms with Crippen LogP contribution in [0.4, 0.5) is 5.82 Å². The van der Waals surface area contributed by atoms with Crippen LogP contribution in [0.2, 0.25) is 5.02 Å². The van der Waals surface area contributed by atoms with Crippen LogP contribution in [0.3, 0.4) is 0 Å². The third-order valence-corrected chi connectivity index (χ3v) is 3.01. The number of nitrogens with two attached hydrogens (primary N) is 1. The molecule has 5 heteroatoms. The standard InChI is InChI=1S/C11H15ClN4/c1-14-6-5-7-3-4-8(12)9-10(7)16(2)15-11(9)13/h3-4,14H,5-6H2,1-2H3,(H2,13,15). The van der Waals surface area contributed by atoms with Gasteiger partial charge in [0, 0.05) is 7.05 Å². The third kappa shape index (κ3) is 1.74. The van der Waals surface area contributed by atoms with E-state index in [1.54, 1.807) is 4.68 Å². The SMILES string of the molecule is CNCCc1ccc(Cl)c2c(N)nn(C)c12. The topological polar surface area (TPSA) is 55.9 Å². The number of anilines is 1. The zero-order valence-corrected chi connectivity index (χ0v) is 10.2. The Morgan fingerprint density at radius 2 is 2.25 bits per heavy atom. The zero-order chi connectivity index (χ0) is 11.7. The zero-order valence-electron chi connectivity index (χ0n) is 9.42. The summed E-state index contributed by atoms with van der Waals surface area (Å²) in [5, 5.41) is 8.86. The van der Waals surface area contributed by atoms with Gasteiger partial charge in [-0.15, -0.1) is 0 Å². The van der Waals surface area contributed by atoms with Crippen LogP contribution in [-0.2, 0) is 13.5 Å². The maximum atomic E-state index is 6.13. The number of aromatic nitrogens is 2. The van der Waals surface area contributed by atoms with Gasteiger partial charge in [-0.05, 0) is 31.6 Å². The van der Waals surface area contributed by atoms with Crippen molar-refractivity contribution in [3.8, 4) is 0 Å². The molecule has 0 saturated heterocycles. The van der Waals surface area contributed by atoms with Crippen molar-refractivity contribution in [1.29, 1.82) is 0 Å². The van der Waals surface area contributed by atoms with Crippen molar-refractivity contribution in [2.24, 2.45) is 7.05 Å². The highest BCUT2D eigenvalue weighted by Gasteiger charge is 2.13. The fourth-order valence-corrected chi connectivity index (χ4v) is 2.20. The molecular formula is C11H15ClN4. The maximum absolute atomic E-state index is 6.13. The fraction of sp³-hybridized carbons (Fsp3) is 0.364. The Morgan fingerprint density at radius 3 is 2.94 bits per heavy atom. The molecule has 1 aromatic carbocycles. The van der Waals surface area contributed by atoms with Gasteiger partial charge < -0.3 is 11.1 Å². The number of nitrogen functional groups attached to an aromatic ring is 1. The molecule has 0 aliphatic rings. The lowest BCUT2D eigenvalue weighted by Gasteiger charge is -2.05. The van der Waals surface area contributed by atoms with E-state index in [0.717, 1.165) is 23.9 Å². The first kappa shape index (κ1) is 11.2. The second-order valence-electron chi connectivity index (χ2n) is 3.79. The molecule has 1 aromatic heterocycles. The van der Waals surface area contributed by atoms with E-state index in [1.165, 1.54) is 5.56 Å². The lowest BCUT2D eigenvalue weighted by atomic mass is 10.1. The number of hydrogen-bond acceptors (Lipinski definition) is 3. The normalized spacial score (nSPS) is 11.2. The van der Waals surface area contributed by atoms with E-state index in [9.17, 15) is 0 Å². The van der Waals surface area contributed by atoms with Gasteiger partial charge in [0.15, 0.2) is 5.82 Å². The molecule has 0 radical (unpaired) electrons. The lowest BCUT2D eigenvalue weighted by molar-refractivity contribution is 0.772. The molecule has 16 heavy (non-hydrogen) atoms. The quantitative estimate of drug-likeness (QED) is 0.854. The van der Waals surface area contributed by atoms with E-state index in [0.29, 0.717) is 10.8 Å². The van der Waals surface area contributed by atoms with E-state index in [-0.39, 0.29) is 0 Å². The number of nitrogens with zero attached hydrogens (tertiary/aromatic N) is 2. The van der Waals surface area contributed by atoms with Gasteiger partial charge in [0.2, 0.25) is 0 Å². The molecule has 0 saturated carbocycles. The molecule has 2 aromatic rings. The number of likely N-dealkylation sites (N-methyl/N-ethyl adjacent to an activating group) is 1. The monoisotopic (exact) mass is 238 g/mol. The summed E-state index contributed by atoms with van der Waals surface area (Å²) in [7, 11) is 3.82. The van der Waals surface area contributed by atoms with E-state index in [1.807, 2.05) is 26.2 Å². The first-order chi connectivity index (χ1) is 7.65. The first-order valence-corrected chi connectivity index (χ1v) is 5.57. The van der Waals surface area contributed by atoms with Crippen LogP contribution in [0.1, 0.15) is 5.56 Å². The third-order valence-electron chi connectivity index (χ3n) is 2.69. The van der Waals surface area contributed by atoms with Crippen LogP contribution in [-0.4, -0.2) is 23.4 Å². The summed E-state index contributed by atoms with van der Waals surface area (Å²) in [6.45, 7) is 0.918. The average Bonchev–Trinajstić information content (AvgIpc) is 2.55. The number of fused-ring (bicyclic) bond motifs is 1. The van der Waals surface area contributed by atoms with Gasteiger partial charge in [0.25, 0.3) is 0 Å². The fourth-order valence-electron chi connectivity index (χ4n) is 1.95. The van der Waals surface area contributed by atoms with Crippen molar-refractivity contribution in [3.63, 3.8) is 0 Å². The largest absolute Gasteiger partial charge is 0.382 e. The second kappa shape index (κ2) is 4.31. The van der Waals surface area contributed by atoms with E-state index in [4.69, 9.17) is 17.3 Å². The van der Waals surface area contributed by atoms with Crippen LogP contribution in [0, 0.1) is 0 Å². The Labute approximate surface area is 99.4 Å². The predicted octanol–water partition coefficient (Wildman–Crippen LogP) is 1.57. The average molecular weight is 239 g/mol. The van der Waals surface area contributed by atoms with Gasteiger partial charge in [0.1, 0.15) is 0 Å². The van der Waals surface area contributed by atoms with Crippen LogP contribution in [0.5, 0.6) is 0 Å². The highest BCUT2D eigenvalue weighted by Crippen LogP contribution is 2.30. The molecule has 0 aliphatic heterocycles. The Bertz CT molecular complexity index is 518. The van der Waals surface area contributed by atoms with Crippen LogP contribution in [0.15, 0.2) is 12.1 Å². The molecule has 4 nitrogen and oxygen atoms in total. The Hall–Kier alpha value is -1.26. The summed E-state index contributed by atoms with van der Waals surface area (Å²) in [5.74, 6) is 0.494. The van der Waals surface area contributed by atoms with Crippen molar-refractivity contribution in [2.45, 2.75) is 6.42 Å². The molecule has 0 aliphatic carbocycles. The van der Waals surface area contributed by atoms with Gasteiger partial charge in [-0.25, -0.2) is 0 Å². The van der Waals surface area contributed by atoms with Gasteiger partial charge >= 0.3 is 0 Å². The summed E-state index contributed by atoms with van der Waals surface area (Å²) in [6, 6.07) is 3.91. The highest BCUT2D eigenvalue weighted by atomic mass is 35.5. The van der Waals surface area contributed by atoms with Crippen molar-refractivity contribution in [2.75, 3.05) is 19.3 Å². The first-order valence-electron chi connectivity index (χ1n) is 5.19. The van der Waals surface area contributed by atoms with Gasteiger partial charge in [-0.3, -0.25) is 4.68 Å². The summed E-state index contributed by atoms with van der Waals surface area (Å²) in [5.41, 5.74) is 8.08. The number of halogens is 1. The van der Waals surface area contributed by atoms with Crippen molar-refractivity contribution >= 4 is 28.3 Å². The molecule has 0 spiro atoms. The summed E-state index contributed by atoms with van der Waals surface area (Å²) in [4.78, 5) is 0. The van der Waals surface area contributed by atoms with Gasteiger partial charge in [-0.1, -0.05) is 17.7 Å². The molecule has 3 N–H and O–H groups in total. The second-order valence-corrected chi connectivity index (χ2v) is 4.20.